The van der Waals surface area contributed by atoms with Crippen LogP contribution < -0.4 is 4.90 Å². The predicted octanol–water partition coefficient (Wildman–Crippen LogP) is 3.63. The van der Waals surface area contributed by atoms with Crippen molar-refractivity contribution in [2.45, 2.75) is 25.5 Å². The molecule has 5 rings (SSSR count). The molecule has 2 aromatic carbocycles. The molecule has 1 N–H and O–H groups in total. The van der Waals surface area contributed by atoms with Crippen LogP contribution in [0.5, 0.6) is 0 Å². The van der Waals surface area contributed by atoms with Gasteiger partial charge in [-0.15, -0.1) is 0 Å². The highest BCUT2D eigenvalue weighted by Crippen LogP contribution is 2.28. The van der Waals surface area contributed by atoms with Crippen molar-refractivity contribution in [3.63, 3.8) is 0 Å². The molecular weight excluding hydrogens is 424 g/mol. The van der Waals surface area contributed by atoms with Crippen molar-refractivity contribution in [2.75, 3.05) is 50.7 Å². The van der Waals surface area contributed by atoms with E-state index >= 15 is 0 Å². The van der Waals surface area contributed by atoms with Crippen LogP contribution in [-0.2, 0) is 6.54 Å². The molecule has 178 valence electrons. The third kappa shape index (κ3) is 5.03. The number of carbonyl (C=O) groups excluding carboxylic acids is 1. The smallest absolute Gasteiger partial charge is 0.255 e. The number of hydrogen-bond donors (Lipinski definition) is 1. The van der Waals surface area contributed by atoms with E-state index in [-0.39, 0.29) is 5.91 Å². The van der Waals surface area contributed by atoms with Crippen molar-refractivity contribution in [3.05, 3.63) is 89.7 Å². The van der Waals surface area contributed by atoms with Crippen LogP contribution in [0.4, 0.5) is 5.69 Å². The number of para-hydroxylation sites is 1. The zero-order valence-electron chi connectivity index (χ0n) is 19.7. The molecular formula is C28H34N4O2. The second kappa shape index (κ2) is 10.5. The van der Waals surface area contributed by atoms with E-state index in [2.05, 4.69) is 52.3 Å². The summed E-state index contributed by atoms with van der Waals surface area (Å²) in [6.07, 6.45) is 2.85. The van der Waals surface area contributed by atoms with Crippen molar-refractivity contribution >= 4 is 11.6 Å². The Morgan fingerprint density at radius 2 is 1.53 bits per heavy atom. The van der Waals surface area contributed by atoms with Crippen LogP contribution in [0.1, 0.15) is 40.6 Å². The van der Waals surface area contributed by atoms with Crippen molar-refractivity contribution in [2.24, 2.45) is 0 Å². The third-order valence-corrected chi connectivity index (χ3v) is 7.10. The summed E-state index contributed by atoms with van der Waals surface area (Å²) in [6.45, 7) is 7.16. The molecule has 0 bridgehead atoms. The van der Waals surface area contributed by atoms with E-state index in [1.807, 2.05) is 39.9 Å². The number of benzene rings is 2. The number of amides is 1. The van der Waals surface area contributed by atoms with Gasteiger partial charge in [0.15, 0.2) is 0 Å². The first-order chi connectivity index (χ1) is 16.7. The Hall–Kier alpha value is -3.09. The molecule has 34 heavy (non-hydrogen) atoms. The summed E-state index contributed by atoms with van der Waals surface area (Å²) >= 11 is 0. The molecule has 0 spiro atoms. The Bertz CT molecular complexity index is 1070. The molecule has 1 amide bonds. The lowest BCUT2D eigenvalue weighted by atomic mass is 10.1. The molecule has 1 unspecified atom stereocenters. The highest BCUT2D eigenvalue weighted by atomic mass is 16.3. The quantitative estimate of drug-likeness (QED) is 0.588. The summed E-state index contributed by atoms with van der Waals surface area (Å²) in [5, 5.41) is 10.9. The Kier molecular flexibility index (Phi) is 6.97. The lowest BCUT2D eigenvalue weighted by molar-refractivity contribution is 0.0738. The number of piperazine rings is 1. The van der Waals surface area contributed by atoms with E-state index in [9.17, 15) is 9.90 Å². The minimum Gasteiger partial charge on any atom is -0.387 e. The average molecular weight is 459 g/mol. The molecule has 0 radical (unpaired) electrons. The Morgan fingerprint density at radius 1 is 0.824 bits per heavy atom. The predicted molar refractivity (Wildman–Crippen MR) is 135 cm³/mol. The van der Waals surface area contributed by atoms with Crippen LogP contribution >= 0.6 is 0 Å². The lowest BCUT2D eigenvalue weighted by Crippen LogP contribution is -2.47. The Balaban J connectivity index is 1.15. The molecule has 3 heterocycles. The number of fused-ring (bicyclic) bond motifs is 1. The zero-order chi connectivity index (χ0) is 23.3. The fourth-order valence-corrected chi connectivity index (χ4v) is 5.21. The maximum atomic E-state index is 13.3. The normalized spacial score (nSPS) is 19.2. The lowest BCUT2D eigenvalue weighted by Gasteiger charge is -2.36. The first kappa shape index (κ1) is 22.7. The first-order valence-corrected chi connectivity index (χ1v) is 12.4. The van der Waals surface area contributed by atoms with Gasteiger partial charge in [-0.05, 0) is 43.1 Å². The molecule has 6 nitrogen and oxygen atoms in total. The summed E-state index contributed by atoms with van der Waals surface area (Å²) < 4.78 is 2.03. The minimum atomic E-state index is -0.617. The summed E-state index contributed by atoms with van der Waals surface area (Å²) in [6, 6.07) is 22.7. The van der Waals surface area contributed by atoms with Crippen LogP contribution in [0, 0.1) is 0 Å². The number of aliphatic hydroxyl groups excluding tert-OH is 1. The molecule has 1 aromatic heterocycles. The monoisotopic (exact) mass is 458 g/mol. The van der Waals surface area contributed by atoms with Crippen LogP contribution in [-0.4, -0.2) is 71.2 Å². The molecule has 0 saturated carbocycles. The number of aromatic nitrogens is 1. The van der Waals surface area contributed by atoms with Gasteiger partial charge in [-0.25, -0.2) is 0 Å². The van der Waals surface area contributed by atoms with Gasteiger partial charge in [-0.3, -0.25) is 9.69 Å². The van der Waals surface area contributed by atoms with Crippen molar-refractivity contribution in [1.82, 2.24) is 14.4 Å². The van der Waals surface area contributed by atoms with Gasteiger partial charge in [0.2, 0.25) is 0 Å². The fraction of sp³-hybridized carbons (Fsp3) is 0.393. The molecule has 3 aromatic rings. The standard InChI is InChI=1S/C28H34N4O2/c33-26-13-17-31(15-7-14-29-18-20-30(21-19-29)24-10-5-2-6-11-24)28(34)25-12-16-32(27(25)26)22-23-8-3-1-4-9-23/h1-6,8-12,16,26,33H,7,13-15,17-22H2. The van der Waals surface area contributed by atoms with E-state index < -0.39 is 6.10 Å². The van der Waals surface area contributed by atoms with E-state index in [1.54, 1.807) is 0 Å². The summed E-state index contributed by atoms with van der Waals surface area (Å²) in [5.41, 5.74) is 3.87. The highest BCUT2D eigenvalue weighted by molar-refractivity contribution is 5.96. The van der Waals surface area contributed by atoms with E-state index in [1.165, 1.54) is 5.69 Å². The molecule has 2 aliphatic heterocycles. The molecule has 1 atom stereocenters. The van der Waals surface area contributed by atoms with Crippen LogP contribution in [0.15, 0.2) is 72.9 Å². The second-order valence-corrected chi connectivity index (χ2v) is 9.34. The SMILES string of the molecule is O=C1c2ccn(Cc3ccccc3)c2C(O)CCN1CCCN1CCN(c2ccccc2)CC1. The number of aliphatic hydroxyl groups is 1. The van der Waals surface area contributed by atoms with Gasteiger partial charge in [0, 0.05) is 57.7 Å². The maximum absolute atomic E-state index is 13.3. The average Bonchev–Trinajstić information content (AvgIpc) is 3.25. The van der Waals surface area contributed by atoms with Gasteiger partial charge in [0.05, 0.1) is 17.4 Å². The number of carbonyl (C=O) groups is 1. The highest BCUT2D eigenvalue weighted by Gasteiger charge is 2.30. The summed E-state index contributed by atoms with van der Waals surface area (Å²) in [7, 11) is 0. The van der Waals surface area contributed by atoms with Crippen LogP contribution in [0.25, 0.3) is 0 Å². The topological polar surface area (TPSA) is 52.0 Å². The number of hydrogen-bond acceptors (Lipinski definition) is 4. The fourth-order valence-electron chi connectivity index (χ4n) is 5.21. The van der Waals surface area contributed by atoms with Crippen LogP contribution in [0.2, 0.25) is 0 Å². The number of nitrogens with zero attached hydrogens (tertiary/aromatic N) is 4. The maximum Gasteiger partial charge on any atom is 0.255 e. The largest absolute Gasteiger partial charge is 0.387 e. The van der Waals surface area contributed by atoms with E-state index in [0.29, 0.717) is 25.1 Å². The van der Waals surface area contributed by atoms with Gasteiger partial charge in [-0.2, -0.15) is 0 Å². The first-order valence-electron chi connectivity index (χ1n) is 12.4. The second-order valence-electron chi connectivity index (χ2n) is 9.34. The third-order valence-electron chi connectivity index (χ3n) is 7.10. The Labute approximate surface area is 202 Å². The van der Waals surface area contributed by atoms with Crippen LogP contribution in [0.3, 0.4) is 0 Å². The number of anilines is 1. The summed E-state index contributed by atoms with van der Waals surface area (Å²) in [5.74, 6) is 0.0484. The van der Waals surface area contributed by atoms with Crippen molar-refractivity contribution < 1.29 is 9.90 Å². The van der Waals surface area contributed by atoms with Gasteiger partial charge < -0.3 is 19.5 Å². The summed E-state index contributed by atoms with van der Waals surface area (Å²) in [4.78, 5) is 20.2. The van der Waals surface area contributed by atoms with Crippen molar-refractivity contribution in [1.29, 1.82) is 0 Å². The molecule has 0 aliphatic carbocycles. The molecule has 6 heteroatoms. The number of rotatable bonds is 7. The van der Waals surface area contributed by atoms with Gasteiger partial charge in [-0.1, -0.05) is 48.5 Å². The van der Waals surface area contributed by atoms with Crippen molar-refractivity contribution in [3.8, 4) is 0 Å². The van der Waals surface area contributed by atoms with Gasteiger partial charge >= 0.3 is 0 Å². The van der Waals surface area contributed by atoms with Gasteiger partial charge in [0.1, 0.15) is 0 Å². The molecule has 2 aliphatic rings. The zero-order valence-corrected chi connectivity index (χ0v) is 19.7. The molecule has 1 fully saturated rings. The minimum absolute atomic E-state index is 0.0484. The molecule has 1 saturated heterocycles. The van der Waals surface area contributed by atoms with E-state index in [0.717, 1.165) is 56.9 Å². The van der Waals surface area contributed by atoms with E-state index in [4.69, 9.17) is 0 Å². The Morgan fingerprint density at radius 3 is 2.26 bits per heavy atom. The van der Waals surface area contributed by atoms with Gasteiger partial charge in [0.25, 0.3) is 5.91 Å².